The van der Waals surface area contributed by atoms with Gasteiger partial charge in [-0.25, -0.2) is 9.07 Å². The van der Waals surface area contributed by atoms with Crippen LogP contribution < -0.4 is 10.6 Å². The molecule has 0 aliphatic rings. The number of carbonyl (C=O) groups is 1. The first kappa shape index (κ1) is 17.7. The van der Waals surface area contributed by atoms with Crippen LogP contribution in [0.15, 0.2) is 72.9 Å². The van der Waals surface area contributed by atoms with Gasteiger partial charge in [0.15, 0.2) is 0 Å². The Morgan fingerprint density at radius 1 is 1.04 bits per heavy atom. The monoisotopic (exact) mass is 374 g/mol. The molecule has 1 heterocycles. The zero-order valence-corrected chi connectivity index (χ0v) is 15.3. The Bertz CT molecular complexity index is 1120. The van der Waals surface area contributed by atoms with E-state index in [0.29, 0.717) is 12.1 Å². The quantitative estimate of drug-likeness (QED) is 0.552. The first-order chi connectivity index (χ1) is 13.7. The minimum Gasteiger partial charge on any atom is -0.388 e. The smallest absolute Gasteiger partial charge is 0.252 e. The Kier molecular flexibility index (Phi) is 4.76. The van der Waals surface area contributed by atoms with Crippen LogP contribution in [-0.4, -0.2) is 22.7 Å². The molecule has 0 spiro atoms. The number of aromatic nitrogens is 2. The van der Waals surface area contributed by atoms with Crippen LogP contribution in [0.25, 0.3) is 16.6 Å². The number of rotatable bonds is 5. The van der Waals surface area contributed by atoms with Crippen LogP contribution in [0.2, 0.25) is 0 Å². The average molecular weight is 374 g/mol. The van der Waals surface area contributed by atoms with E-state index in [1.165, 1.54) is 12.1 Å². The Labute approximate surface area is 161 Å². The molecule has 1 aromatic heterocycles. The summed E-state index contributed by atoms with van der Waals surface area (Å²) in [6, 6.07) is 19.4. The van der Waals surface area contributed by atoms with Gasteiger partial charge in [-0.1, -0.05) is 18.2 Å². The second-order valence-corrected chi connectivity index (χ2v) is 6.40. The molecule has 0 bridgehead atoms. The van der Waals surface area contributed by atoms with Gasteiger partial charge >= 0.3 is 0 Å². The summed E-state index contributed by atoms with van der Waals surface area (Å²) in [5.41, 5.74) is 4.11. The van der Waals surface area contributed by atoms with Crippen LogP contribution in [0.5, 0.6) is 0 Å². The number of benzene rings is 3. The fourth-order valence-corrected chi connectivity index (χ4v) is 3.10. The summed E-state index contributed by atoms with van der Waals surface area (Å²) < 4.78 is 14.9. The molecule has 5 nitrogen and oxygen atoms in total. The minimum atomic E-state index is -0.303. The Morgan fingerprint density at radius 2 is 1.79 bits per heavy atom. The number of anilines is 1. The molecular formula is C22H19FN4O. The number of amides is 1. The van der Waals surface area contributed by atoms with Gasteiger partial charge in [-0.15, -0.1) is 0 Å². The number of fused-ring (bicyclic) bond motifs is 1. The van der Waals surface area contributed by atoms with Gasteiger partial charge in [0.05, 0.1) is 23.0 Å². The highest BCUT2D eigenvalue weighted by atomic mass is 19.1. The van der Waals surface area contributed by atoms with E-state index in [4.69, 9.17) is 0 Å². The first-order valence-corrected chi connectivity index (χ1v) is 8.93. The molecule has 3 aromatic carbocycles. The van der Waals surface area contributed by atoms with Crippen molar-refractivity contribution in [3.05, 3.63) is 89.9 Å². The van der Waals surface area contributed by atoms with E-state index >= 15 is 0 Å². The zero-order chi connectivity index (χ0) is 19.5. The van der Waals surface area contributed by atoms with Crippen molar-refractivity contribution in [1.82, 2.24) is 15.1 Å². The van der Waals surface area contributed by atoms with Gasteiger partial charge < -0.3 is 10.6 Å². The number of halogens is 1. The van der Waals surface area contributed by atoms with Crippen LogP contribution in [0.1, 0.15) is 15.9 Å². The summed E-state index contributed by atoms with van der Waals surface area (Å²) in [5.74, 6) is -0.468. The highest BCUT2D eigenvalue weighted by Crippen LogP contribution is 2.22. The van der Waals surface area contributed by atoms with Gasteiger partial charge in [0, 0.05) is 24.7 Å². The average Bonchev–Trinajstić information content (AvgIpc) is 3.17. The fraction of sp³-hybridized carbons (Fsp3) is 0.0909. The Balaban J connectivity index is 1.58. The summed E-state index contributed by atoms with van der Waals surface area (Å²) in [6.07, 6.45) is 1.66. The van der Waals surface area contributed by atoms with Crippen molar-refractivity contribution in [2.45, 2.75) is 6.54 Å². The number of hydrogen-bond donors (Lipinski definition) is 2. The highest BCUT2D eigenvalue weighted by Gasteiger charge is 2.14. The second-order valence-electron chi connectivity index (χ2n) is 6.40. The van der Waals surface area contributed by atoms with E-state index in [2.05, 4.69) is 15.7 Å². The molecule has 28 heavy (non-hydrogen) atoms. The third kappa shape index (κ3) is 3.44. The molecule has 2 N–H and O–H groups in total. The number of nitrogens with zero attached hydrogens (tertiary/aromatic N) is 2. The van der Waals surface area contributed by atoms with Crippen molar-refractivity contribution in [2.75, 3.05) is 12.4 Å². The normalized spacial score (nSPS) is 10.8. The SMILES string of the molecule is CNc1ccc(CNC(=O)c2cccc3c2cnn3-c2ccc(F)cc2)cc1. The van der Waals surface area contributed by atoms with E-state index in [9.17, 15) is 9.18 Å². The van der Waals surface area contributed by atoms with Crippen molar-refractivity contribution in [2.24, 2.45) is 0 Å². The van der Waals surface area contributed by atoms with Crippen LogP contribution >= 0.6 is 0 Å². The fourth-order valence-electron chi connectivity index (χ4n) is 3.10. The van der Waals surface area contributed by atoms with Crippen molar-refractivity contribution >= 4 is 22.5 Å². The predicted molar refractivity (Wildman–Crippen MR) is 108 cm³/mol. The summed E-state index contributed by atoms with van der Waals surface area (Å²) in [4.78, 5) is 12.7. The maximum Gasteiger partial charge on any atom is 0.252 e. The first-order valence-electron chi connectivity index (χ1n) is 8.93. The highest BCUT2D eigenvalue weighted by molar-refractivity contribution is 6.06. The molecule has 0 unspecified atom stereocenters. The molecule has 0 fully saturated rings. The molecule has 4 aromatic rings. The lowest BCUT2D eigenvalue weighted by Gasteiger charge is -2.08. The van der Waals surface area contributed by atoms with Gasteiger partial charge in [0.2, 0.25) is 0 Å². The summed E-state index contributed by atoms with van der Waals surface area (Å²) in [7, 11) is 1.86. The Morgan fingerprint density at radius 3 is 2.50 bits per heavy atom. The van der Waals surface area contributed by atoms with Crippen LogP contribution in [0.3, 0.4) is 0 Å². The lowest BCUT2D eigenvalue weighted by molar-refractivity contribution is 0.0952. The van der Waals surface area contributed by atoms with Crippen molar-refractivity contribution in [3.63, 3.8) is 0 Å². The molecule has 140 valence electrons. The molecule has 6 heteroatoms. The number of hydrogen-bond acceptors (Lipinski definition) is 3. The van der Waals surface area contributed by atoms with E-state index in [1.54, 1.807) is 29.1 Å². The van der Waals surface area contributed by atoms with Gasteiger partial charge in [0.25, 0.3) is 5.91 Å². The molecule has 0 saturated carbocycles. The lowest BCUT2D eigenvalue weighted by atomic mass is 10.1. The van der Waals surface area contributed by atoms with E-state index in [0.717, 1.165) is 27.8 Å². The Hall–Kier alpha value is -3.67. The predicted octanol–water partition coefficient (Wildman–Crippen LogP) is 4.14. The summed E-state index contributed by atoms with van der Waals surface area (Å²) in [5, 5.41) is 11.2. The van der Waals surface area contributed by atoms with Crippen LogP contribution in [-0.2, 0) is 6.54 Å². The number of carbonyl (C=O) groups excluding carboxylic acids is 1. The van der Waals surface area contributed by atoms with Gasteiger partial charge in [-0.05, 0) is 54.1 Å². The van der Waals surface area contributed by atoms with Crippen molar-refractivity contribution in [3.8, 4) is 5.69 Å². The van der Waals surface area contributed by atoms with Crippen molar-refractivity contribution in [1.29, 1.82) is 0 Å². The second kappa shape index (κ2) is 7.52. The standard InChI is InChI=1S/C22H19FN4O/c1-24-17-9-5-15(6-10-17)13-25-22(28)19-3-2-4-21-20(19)14-26-27(21)18-11-7-16(23)8-12-18/h2-12,14,24H,13H2,1H3,(H,25,28). The molecule has 0 saturated heterocycles. The molecule has 4 rings (SSSR count). The molecule has 0 aliphatic carbocycles. The van der Waals surface area contributed by atoms with Crippen molar-refractivity contribution < 1.29 is 9.18 Å². The molecule has 0 radical (unpaired) electrons. The minimum absolute atomic E-state index is 0.165. The van der Waals surface area contributed by atoms with Gasteiger partial charge in [0.1, 0.15) is 5.82 Å². The lowest BCUT2D eigenvalue weighted by Crippen LogP contribution is -2.22. The number of nitrogens with one attached hydrogen (secondary N) is 2. The van der Waals surface area contributed by atoms with E-state index < -0.39 is 0 Å². The maximum absolute atomic E-state index is 13.2. The third-order valence-electron chi connectivity index (χ3n) is 4.63. The van der Waals surface area contributed by atoms with Crippen LogP contribution in [0.4, 0.5) is 10.1 Å². The van der Waals surface area contributed by atoms with Crippen LogP contribution in [0, 0.1) is 5.82 Å². The van der Waals surface area contributed by atoms with E-state index in [-0.39, 0.29) is 11.7 Å². The van der Waals surface area contributed by atoms with E-state index in [1.807, 2.05) is 43.4 Å². The summed E-state index contributed by atoms with van der Waals surface area (Å²) in [6.45, 7) is 0.436. The van der Waals surface area contributed by atoms with Gasteiger partial charge in [-0.2, -0.15) is 5.10 Å². The molecule has 1 amide bonds. The largest absolute Gasteiger partial charge is 0.388 e. The van der Waals surface area contributed by atoms with Gasteiger partial charge in [-0.3, -0.25) is 4.79 Å². The topological polar surface area (TPSA) is 58.9 Å². The summed E-state index contributed by atoms with van der Waals surface area (Å²) >= 11 is 0. The zero-order valence-electron chi connectivity index (χ0n) is 15.3. The molecule has 0 aliphatic heterocycles. The maximum atomic E-state index is 13.2. The molecule has 0 atom stereocenters. The molecular weight excluding hydrogens is 355 g/mol. The third-order valence-corrected chi connectivity index (χ3v) is 4.63.